The number of halogens is 2. The first-order valence-corrected chi connectivity index (χ1v) is 9.56. The maximum absolute atomic E-state index is 10.9. The molecule has 0 bridgehead atoms. The summed E-state index contributed by atoms with van der Waals surface area (Å²) in [7, 11) is 1.37. The van der Waals surface area contributed by atoms with Gasteiger partial charge in [-0.15, -0.1) is 0 Å². The fraction of sp³-hybridized carbons (Fsp3) is 0.526. The van der Waals surface area contributed by atoms with E-state index in [1.807, 2.05) is 0 Å². The molecular weight excluding hydrogens is 436 g/mol. The van der Waals surface area contributed by atoms with Gasteiger partial charge in [0.2, 0.25) is 0 Å². The number of methoxy groups -OCH3 is 1. The number of hydrogen-bond acceptors (Lipinski definition) is 3. The SMILES string of the molecule is COC(=O)CCCC#CC#C[C@@H](Br)[C@@H](O)CCCCC#CC=CBr. The first-order valence-electron chi connectivity index (χ1n) is 7.72. The van der Waals surface area contributed by atoms with E-state index in [1.54, 1.807) is 11.1 Å². The smallest absolute Gasteiger partial charge is 0.305 e. The van der Waals surface area contributed by atoms with E-state index in [1.165, 1.54) is 7.11 Å². The van der Waals surface area contributed by atoms with Gasteiger partial charge in [-0.3, -0.25) is 4.79 Å². The molecule has 0 aliphatic rings. The van der Waals surface area contributed by atoms with Crippen molar-refractivity contribution in [1.29, 1.82) is 0 Å². The van der Waals surface area contributed by atoms with Crippen LogP contribution in [0.2, 0.25) is 0 Å². The maximum atomic E-state index is 10.9. The van der Waals surface area contributed by atoms with E-state index in [0.29, 0.717) is 25.7 Å². The van der Waals surface area contributed by atoms with Crippen molar-refractivity contribution >= 4 is 37.8 Å². The predicted molar refractivity (Wildman–Crippen MR) is 104 cm³/mol. The standard InChI is InChI=1S/C19H22Br2O3/c1-24-19(23)15-11-7-4-5-9-13-17(21)18(22)14-10-6-2-3-8-12-16-20/h12,16-18,22H,2,6-7,10-11,14-15H2,1H3/t17-,18+/m1/s1. The van der Waals surface area contributed by atoms with Crippen molar-refractivity contribution in [3.63, 3.8) is 0 Å². The number of carbonyl (C=O) groups is 1. The molecule has 0 saturated heterocycles. The lowest BCUT2D eigenvalue weighted by atomic mass is 10.1. The fourth-order valence-electron chi connectivity index (χ4n) is 1.61. The first-order chi connectivity index (χ1) is 11.6. The summed E-state index contributed by atoms with van der Waals surface area (Å²) in [6, 6.07) is 0. The van der Waals surface area contributed by atoms with Gasteiger partial charge < -0.3 is 9.84 Å². The van der Waals surface area contributed by atoms with E-state index in [9.17, 15) is 9.90 Å². The van der Waals surface area contributed by atoms with Crippen LogP contribution < -0.4 is 0 Å². The van der Waals surface area contributed by atoms with Crippen molar-refractivity contribution < 1.29 is 14.6 Å². The van der Waals surface area contributed by atoms with Crippen LogP contribution in [0.5, 0.6) is 0 Å². The second-order valence-corrected chi connectivity index (χ2v) is 6.34. The van der Waals surface area contributed by atoms with Gasteiger partial charge in [-0.05, 0) is 48.6 Å². The van der Waals surface area contributed by atoms with E-state index in [0.717, 1.165) is 19.3 Å². The van der Waals surface area contributed by atoms with E-state index in [-0.39, 0.29) is 10.8 Å². The van der Waals surface area contributed by atoms with Crippen LogP contribution in [0.25, 0.3) is 0 Å². The number of ether oxygens (including phenoxy) is 1. The zero-order chi connectivity index (χ0) is 18.0. The highest BCUT2D eigenvalue weighted by molar-refractivity contribution is 9.11. The zero-order valence-corrected chi connectivity index (χ0v) is 17.0. The molecule has 0 unspecified atom stereocenters. The molecule has 0 aromatic carbocycles. The number of aliphatic hydroxyl groups excluding tert-OH is 1. The average Bonchev–Trinajstić information content (AvgIpc) is 2.59. The maximum Gasteiger partial charge on any atom is 0.305 e. The summed E-state index contributed by atoms with van der Waals surface area (Å²) in [4.78, 5) is 12.3. The number of aliphatic hydroxyl groups is 1. The normalized spacial score (nSPS) is 12.0. The van der Waals surface area contributed by atoms with Crippen molar-refractivity contribution in [1.82, 2.24) is 0 Å². The molecule has 0 radical (unpaired) electrons. The minimum atomic E-state index is -0.519. The summed E-state index contributed by atoms with van der Waals surface area (Å²) in [6.45, 7) is 0. The predicted octanol–water partition coefficient (Wildman–Crippen LogP) is 3.93. The van der Waals surface area contributed by atoms with Gasteiger partial charge in [-0.1, -0.05) is 55.5 Å². The number of unbranched alkanes of at least 4 members (excludes halogenated alkanes) is 3. The summed E-state index contributed by atoms with van der Waals surface area (Å²) in [5.41, 5.74) is 0. The van der Waals surface area contributed by atoms with Gasteiger partial charge >= 0.3 is 5.97 Å². The number of alkyl halides is 1. The van der Waals surface area contributed by atoms with Crippen LogP contribution in [0.4, 0.5) is 0 Å². The molecular formula is C19H22Br2O3. The number of esters is 1. The number of allylic oxidation sites excluding steroid dienone is 1. The van der Waals surface area contributed by atoms with Gasteiger partial charge in [0.05, 0.1) is 13.2 Å². The second kappa shape index (κ2) is 16.7. The highest BCUT2D eigenvalue weighted by atomic mass is 79.9. The molecule has 2 atom stereocenters. The van der Waals surface area contributed by atoms with Gasteiger partial charge in [-0.25, -0.2) is 0 Å². The Bertz CT molecular complexity index is 565. The average molecular weight is 458 g/mol. The number of rotatable bonds is 8. The third-order valence-corrected chi connectivity index (χ3v) is 4.01. The Hall–Kier alpha value is -1.19. The van der Waals surface area contributed by atoms with E-state index >= 15 is 0 Å². The first kappa shape index (κ1) is 22.8. The van der Waals surface area contributed by atoms with Crippen molar-refractivity contribution in [2.24, 2.45) is 0 Å². The van der Waals surface area contributed by atoms with Crippen LogP contribution in [0.15, 0.2) is 11.1 Å². The van der Waals surface area contributed by atoms with Gasteiger partial charge in [0, 0.05) is 19.3 Å². The Labute approximate surface area is 161 Å². The zero-order valence-electron chi connectivity index (χ0n) is 13.8. The van der Waals surface area contributed by atoms with Gasteiger partial charge in [0.25, 0.3) is 0 Å². The molecule has 0 saturated carbocycles. The second-order valence-electron chi connectivity index (χ2n) is 4.83. The summed E-state index contributed by atoms with van der Waals surface area (Å²) in [5, 5.41) is 9.99. The van der Waals surface area contributed by atoms with Crippen LogP contribution in [-0.4, -0.2) is 29.1 Å². The summed E-state index contributed by atoms with van der Waals surface area (Å²) in [6.07, 6.45) is 6.21. The monoisotopic (exact) mass is 456 g/mol. The van der Waals surface area contributed by atoms with E-state index in [2.05, 4.69) is 72.1 Å². The van der Waals surface area contributed by atoms with Crippen molar-refractivity contribution in [2.75, 3.05) is 7.11 Å². The Morgan fingerprint density at radius 1 is 1.21 bits per heavy atom. The van der Waals surface area contributed by atoms with Crippen molar-refractivity contribution in [3.8, 4) is 35.5 Å². The van der Waals surface area contributed by atoms with Crippen LogP contribution in [0, 0.1) is 35.5 Å². The van der Waals surface area contributed by atoms with Crippen LogP contribution >= 0.6 is 31.9 Å². The molecule has 1 N–H and O–H groups in total. The summed E-state index contributed by atoms with van der Waals surface area (Å²) >= 11 is 6.51. The molecule has 5 heteroatoms. The quantitative estimate of drug-likeness (QED) is 0.260. The molecule has 24 heavy (non-hydrogen) atoms. The number of hydrogen-bond donors (Lipinski definition) is 1. The summed E-state index contributed by atoms with van der Waals surface area (Å²) in [5.74, 6) is 16.9. The Morgan fingerprint density at radius 3 is 2.67 bits per heavy atom. The molecule has 0 aliphatic carbocycles. The molecule has 0 spiro atoms. The molecule has 0 aliphatic heterocycles. The van der Waals surface area contributed by atoms with E-state index in [4.69, 9.17) is 0 Å². The highest BCUT2D eigenvalue weighted by Crippen LogP contribution is 2.12. The fourth-order valence-corrected chi connectivity index (χ4v) is 2.12. The molecule has 3 nitrogen and oxygen atoms in total. The van der Waals surface area contributed by atoms with Gasteiger partial charge in [-0.2, -0.15) is 0 Å². The van der Waals surface area contributed by atoms with Crippen LogP contribution in [-0.2, 0) is 9.53 Å². The van der Waals surface area contributed by atoms with Crippen molar-refractivity contribution in [3.05, 3.63) is 11.1 Å². The molecule has 0 amide bonds. The topological polar surface area (TPSA) is 46.5 Å². The van der Waals surface area contributed by atoms with E-state index < -0.39 is 6.10 Å². The lowest BCUT2D eigenvalue weighted by Gasteiger charge is -2.11. The lowest BCUT2D eigenvalue weighted by molar-refractivity contribution is -0.140. The summed E-state index contributed by atoms with van der Waals surface area (Å²) < 4.78 is 4.54. The van der Waals surface area contributed by atoms with Crippen LogP contribution in [0.1, 0.15) is 44.9 Å². The molecule has 0 fully saturated rings. The minimum absolute atomic E-state index is 0.225. The largest absolute Gasteiger partial charge is 0.469 e. The Balaban J connectivity index is 3.89. The third kappa shape index (κ3) is 14.4. The molecule has 0 heterocycles. The van der Waals surface area contributed by atoms with Gasteiger partial charge in [0.15, 0.2) is 0 Å². The molecule has 0 rings (SSSR count). The lowest BCUT2D eigenvalue weighted by Crippen LogP contribution is -2.18. The molecule has 130 valence electrons. The third-order valence-electron chi connectivity index (χ3n) is 2.91. The highest BCUT2D eigenvalue weighted by Gasteiger charge is 2.12. The van der Waals surface area contributed by atoms with Crippen LogP contribution in [0.3, 0.4) is 0 Å². The Morgan fingerprint density at radius 2 is 1.96 bits per heavy atom. The minimum Gasteiger partial charge on any atom is -0.469 e. The van der Waals surface area contributed by atoms with Crippen molar-refractivity contribution in [2.45, 2.75) is 55.9 Å². The number of carbonyl (C=O) groups excluding carboxylic acids is 1. The molecule has 0 aromatic heterocycles. The Kier molecular flexibility index (Phi) is 15.8. The van der Waals surface area contributed by atoms with Gasteiger partial charge in [0.1, 0.15) is 4.83 Å². The molecule has 0 aromatic rings.